The van der Waals surface area contributed by atoms with E-state index in [4.69, 9.17) is 4.74 Å². The first-order valence-electron chi connectivity index (χ1n) is 10.7. The summed E-state index contributed by atoms with van der Waals surface area (Å²) in [5.74, 6) is -0.513. The number of hydrogen-bond donors (Lipinski definition) is 1. The van der Waals surface area contributed by atoms with E-state index in [1.807, 2.05) is 0 Å². The lowest BCUT2D eigenvalue weighted by Crippen LogP contribution is -2.39. The molecule has 0 atom stereocenters. The predicted octanol–water partition coefficient (Wildman–Crippen LogP) is 4.28. The van der Waals surface area contributed by atoms with Crippen molar-refractivity contribution < 1.29 is 36.0 Å². The summed E-state index contributed by atoms with van der Waals surface area (Å²) in [6.45, 7) is 0.655. The third-order valence-electron chi connectivity index (χ3n) is 5.23. The maximum absolute atomic E-state index is 13.5. The molecule has 1 N–H and O–H groups in total. The minimum absolute atomic E-state index is 0.0473. The van der Waals surface area contributed by atoms with Crippen LogP contribution in [0.15, 0.2) is 76.7 Å². The molecule has 1 amide bonds. The monoisotopic (exact) mass is 550 g/mol. The van der Waals surface area contributed by atoms with Crippen molar-refractivity contribution in [2.24, 2.45) is 5.10 Å². The van der Waals surface area contributed by atoms with Crippen LogP contribution in [0.5, 0.6) is 5.75 Å². The molecule has 0 unspecified atom stereocenters. The van der Waals surface area contributed by atoms with Crippen molar-refractivity contribution in [3.8, 4) is 5.75 Å². The average molecular weight is 551 g/mol. The van der Waals surface area contributed by atoms with Gasteiger partial charge < -0.3 is 4.74 Å². The van der Waals surface area contributed by atoms with Crippen LogP contribution in [0.3, 0.4) is 0 Å². The Bertz CT molecular complexity index is 1480. The Labute approximate surface area is 215 Å². The van der Waals surface area contributed by atoms with Gasteiger partial charge in [0.15, 0.2) is 0 Å². The van der Waals surface area contributed by atoms with Gasteiger partial charge >= 0.3 is 6.18 Å². The van der Waals surface area contributed by atoms with Crippen molar-refractivity contribution in [2.75, 3.05) is 18.0 Å². The minimum atomic E-state index is -4.56. The van der Waals surface area contributed by atoms with Crippen LogP contribution in [0.4, 0.5) is 24.5 Å². The Morgan fingerprint density at radius 1 is 1.13 bits per heavy atom. The second-order valence-electron chi connectivity index (χ2n) is 7.83. The number of halogens is 3. The number of anilines is 1. The van der Waals surface area contributed by atoms with E-state index in [9.17, 15) is 36.5 Å². The van der Waals surface area contributed by atoms with Gasteiger partial charge in [-0.25, -0.2) is 13.8 Å². The highest BCUT2D eigenvalue weighted by molar-refractivity contribution is 7.92. The summed E-state index contributed by atoms with van der Waals surface area (Å²) < 4.78 is 71.4. The number of nitro benzene ring substituents is 1. The lowest BCUT2D eigenvalue weighted by molar-refractivity contribution is -0.385. The summed E-state index contributed by atoms with van der Waals surface area (Å²) in [6, 6.07) is 13.2. The molecule has 0 saturated carbocycles. The lowest BCUT2D eigenvalue weighted by atomic mass is 10.1. The summed E-state index contributed by atoms with van der Waals surface area (Å²) in [7, 11) is -3.08. The van der Waals surface area contributed by atoms with Gasteiger partial charge in [0.1, 0.15) is 12.3 Å². The molecule has 0 aliphatic rings. The third-order valence-corrected chi connectivity index (χ3v) is 7.00. The van der Waals surface area contributed by atoms with Gasteiger partial charge in [-0.1, -0.05) is 18.2 Å². The summed E-state index contributed by atoms with van der Waals surface area (Å²) >= 11 is 0. The number of carbonyl (C=O) groups excluding carboxylic acids is 1. The molecule has 10 nitrogen and oxygen atoms in total. The summed E-state index contributed by atoms with van der Waals surface area (Å²) in [4.78, 5) is 22.8. The maximum Gasteiger partial charge on any atom is 0.416 e. The van der Waals surface area contributed by atoms with Crippen LogP contribution in [0, 0.1) is 17.0 Å². The zero-order valence-electron chi connectivity index (χ0n) is 20.0. The highest BCUT2D eigenvalue weighted by atomic mass is 32.2. The first kappa shape index (κ1) is 28.1. The molecule has 200 valence electrons. The van der Waals surface area contributed by atoms with Crippen LogP contribution < -0.4 is 14.5 Å². The quantitative estimate of drug-likeness (QED) is 0.240. The zero-order chi connectivity index (χ0) is 28.1. The standard InChI is InChI=1S/C24H21F3N4O6S/c1-16-6-11-21(13-22(16)31(33)34)38(35,36)30(19-7-9-20(37-2)10-8-19)15-23(32)29-28-14-17-4-3-5-18(12-17)24(25,26)27/h3-14H,15H2,1-2H3,(H,29,32)/b28-14-. The number of aryl methyl sites for hydroxylation is 1. The van der Waals surface area contributed by atoms with Crippen molar-refractivity contribution in [3.63, 3.8) is 0 Å². The van der Waals surface area contributed by atoms with Gasteiger partial charge in [0, 0.05) is 11.6 Å². The number of sulfonamides is 1. The number of nitro groups is 1. The Hall–Kier alpha value is -4.46. The van der Waals surface area contributed by atoms with E-state index >= 15 is 0 Å². The van der Waals surface area contributed by atoms with E-state index in [0.717, 1.165) is 28.7 Å². The van der Waals surface area contributed by atoms with Gasteiger partial charge in [0.05, 0.1) is 34.4 Å². The summed E-state index contributed by atoms with van der Waals surface area (Å²) in [6.07, 6.45) is -3.59. The molecule has 3 aromatic rings. The molecule has 14 heteroatoms. The maximum atomic E-state index is 13.5. The molecule has 38 heavy (non-hydrogen) atoms. The number of amides is 1. The van der Waals surface area contributed by atoms with Crippen LogP contribution in [0.2, 0.25) is 0 Å². The number of carbonyl (C=O) groups is 1. The number of nitrogens with one attached hydrogen (secondary N) is 1. The molecule has 3 aromatic carbocycles. The second kappa shape index (κ2) is 11.3. The molecule has 0 fully saturated rings. The third kappa shape index (κ3) is 6.64. The first-order valence-corrected chi connectivity index (χ1v) is 12.2. The number of benzene rings is 3. The zero-order valence-corrected chi connectivity index (χ0v) is 20.8. The van der Waals surface area contributed by atoms with E-state index in [0.29, 0.717) is 5.75 Å². The number of hydrogen-bond acceptors (Lipinski definition) is 7. The van der Waals surface area contributed by atoms with Gasteiger partial charge in [0.2, 0.25) is 0 Å². The Morgan fingerprint density at radius 2 is 1.82 bits per heavy atom. The molecule has 0 heterocycles. The van der Waals surface area contributed by atoms with E-state index in [1.165, 1.54) is 62.6 Å². The van der Waals surface area contributed by atoms with Crippen molar-refractivity contribution >= 4 is 33.5 Å². The largest absolute Gasteiger partial charge is 0.497 e. The molecule has 0 radical (unpaired) electrons. The van der Waals surface area contributed by atoms with Crippen LogP contribution in [-0.2, 0) is 21.0 Å². The fourth-order valence-corrected chi connectivity index (χ4v) is 4.72. The van der Waals surface area contributed by atoms with E-state index in [2.05, 4.69) is 10.5 Å². The molecule has 0 aromatic heterocycles. The molecule has 0 saturated heterocycles. The molecule has 0 bridgehead atoms. The minimum Gasteiger partial charge on any atom is -0.497 e. The van der Waals surface area contributed by atoms with Gasteiger partial charge in [0.25, 0.3) is 21.6 Å². The van der Waals surface area contributed by atoms with E-state index in [-0.39, 0.29) is 16.8 Å². The summed E-state index contributed by atoms with van der Waals surface area (Å²) in [5.41, 5.74) is 1.10. The normalized spacial score (nSPS) is 11.8. The number of nitrogens with zero attached hydrogens (tertiary/aromatic N) is 3. The van der Waals surface area contributed by atoms with Gasteiger partial charge in [-0.2, -0.15) is 18.3 Å². The fraction of sp³-hybridized carbons (Fsp3) is 0.167. The number of rotatable bonds is 9. The van der Waals surface area contributed by atoms with Crippen molar-refractivity contribution in [3.05, 3.63) is 93.5 Å². The van der Waals surface area contributed by atoms with Crippen LogP contribution in [-0.4, -0.2) is 39.1 Å². The SMILES string of the molecule is COc1ccc(N(CC(=O)N/N=C\c2cccc(C(F)(F)F)c2)S(=O)(=O)c2ccc(C)c([N+](=O)[O-])c2)cc1. The van der Waals surface area contributed by atoms with Crippen LogP contribution in [0.25, 0.3) is 0 Å². The number of ether oxygens (including phenoxy) is 1. The van der Waals surface area contributed by atoms with Crippen molar-refractivity contribution in [1.82, 2.24) is 5.43 Å². The van der Waals surface area contributed by atoms with Gasteiger partial charge in [-0.15, -0.1) is 0 Å². The van der Waals surface area contributed by atoms with Crippen LogP contribution >= 0.6 is 0 Å². The average Bonchev–Trinajstić information content (AvgIpc) is 2.87. The second-order valence-corrected chi connectivity index (χ2v) is 9.69. The Balaban J connectivity index is 1.90. The Morgan fingerprint density at radius 3 is 2.42 bits per heavy atom. The summed E-state index contributed by atoms with van der Waals surface area (Å²) in [5, 5.41) is 15.0. The van der Waals surface area contributed by atoms with E-state index < -0.39 is 49.7 Å². The van der Waals surface area contributed by atoms with Crippen molar-refractivity contribution in [1.29, 1.82) is 0 Å². The van der Waals surface area contributed by atoms with E-state index in [1.54, 1.807) is 0 Å². The number of methoxy groups -OCH3 is 1. The molecular formula is C24H21F3N4O6S. The molecule has 3 rings (SSSR count). The van der Waals surface area contributed by atoms with Crippen LogP contribution in [0.1, 0.15) is 16.7 Å². The first-order chi connectivity index (χ1) is 17.8. The van der Waals surface area contributed by atoms with Gasteiger partial charge in [-0.05, 0) is 55.0 Å². The lowest BCUT2D eigenvalue weighted by Gasteiger charge is -2.24. The topological polar surface area (TPSA) is 131 Å². The smallest absolute Gasteiger partial charge is 0.416 e. The molecule has 0 spiro atoms. The number of alkyl halides is 3. The van der Waals surface area contributed by atoms with Crippen molar-refractivity contribution in [2.45, 2.75) is 18.0 Å². The molecule has 0 aliphatic carbocycles. The number of hydrazone groups is 1. The molecular weight excluding hydrogens is 529 g/mol. The highest BCUT2D eigenvalue weighted by Crippen LogP contribution is 2.30. The van der Waals surface area contributed by atoms with Gasteiger partial charge in [-0.3, -0.25) is 19.2 Å². The Kier molecular flexibility index (Phi) is 8.36. The fourth-order valence-electron chi connectivity index (χ4n) is 3.28. The molecule has 0 aliphatic heterocycles. The highest BCUT2D eigenvalue weighted by Gasteiger charge is 2.31. The predicted molar refractivity (Wildman–Crippen MR) is 133 cm³/mol.